The van der Waals surface area contributed by atoms with Crippen LogP contribution in [0.15, 0.2) is 73.1 Å². The second kappa shape index (κ2) is 8.55. The van der Waals surface area contributed by atoms with Gasteiger partial charge < -0.3 is 4.74 Å². The number of nitrogens with zero attached hydrogens (tertiary/aromatic N) is 3. The molecule has 33 heavy (non-hydrogen) atoms. The Morgan fingerprint density at radius 1 is 1.06 bits per heavy atom. The molecule has 1 amide bonds. The summed E-state index contributed by atoms with van der Waals surface area (Å²) in [4.78, 5) is 23.7. The van der Waals surface area contributed by atoms with Crippen LogP contribution in [0.2, 0.25) is 0 Å². The van der Waals surface area contributed by atoms with E-state index in [1.165, 1.54) is 18.1 Å². The number of rotatable bonds is 5. The molecule has 0 aliphatic carbocycles. The van der Waals surface area contributed by atoms with Crippen LogP contribution < -0.4 is 9.64 Å². The van der Waals surface area contributed by atoms with Crippen molar-refractivity contribution < 1.29 is 18.3 Å². The first-order chi connectivity index (χ1) is 16.0. The molecule has 2 aromatic heterocycles. The van der Waals surface area contributed by atoms with Crippen LogP contribution in [0.4, 0.5) is 13.9 Å². The van der Waals surface area contributed by atoms with Gasteiger partial charge in [-0.15, -0.1) is 0 Å². The summed E-state index contributed by atoms with van der Waals surface area (Å²) in [5.41, 5.74) is 1.12. The largest absolute Gasteiger partial charge is 0.496 e. The average Bonchev–Trinajstić information content (AvgIpc) is 3.26. The molecule has 0 atom stereocenters. The number of hydrogen-bond donors (Lipinski definition) is 0. The molecule has 0 aliphatic heterocycles. The Morgan fingerprint density at radius 3 is 2.58 bits per heavy atom. The third kappa shape index (κ3) is 4.01. The Morgan fingerprint density at radius 2 is 1.85 bits per heavy atom. The van der Waals surface area contributed by atoms with Gasteiger partial charge in [-0.2, -0.15) is 0 Å². The highest BCUT2D eigenvalue weighted by Crippen LogP contribution is 2.34. The minimum Gasteiger partial charge on any atom is -0.496 e. The third-order valence-corrected chi connectivity index (χ3v) is 6.27. The van der Waals surface area contributed by atoms with Crippen molar-refractivity contribution in [2.45, 2.75) is 6.54 Å². The molecule has 5 aromatic rings. The summed E-state index contributed by atoms with van der Waals surface area (Å²) in [6.07, 6.45) is 3.28. The SMILES string of the molecule is COc1cc2ccccc2cc1C(=O)N(Cc1cccnc1)c1nc2c(F)cc(F)cc2s1. The van der Waals surface area contributed by atoms with Gasteiger partial charge in [0.1, 0.15) is 17.1 Å². The second-order valence-electron chi connectivity index (χ2n) is 7.38. The van der Waals surface area contributed by atoms with Crippen LogP contribution in [0.3, 0.4) is 0 Å². The quantitative estimate of drug-likeness (QED) is 0.323. The van der Waals surface area contributed by atoms with E-state index in [2.05, 4.69) is 9.97 Å². The number of hydrogen-bond acceptors (Lipinski definition) is 5. The molecule has 0 saturated heterocycles. The van der Waals surface area contributed by atoms with E-state index in [4.69, 9.17) is 4.74 Å². The predicted octanol–water partition coefficient (Wildman–Crippen LogP) is 5.98. The number of carbonyl (C=O) groups excluding carboxylic acids is 1. The van der Waals surface area contributed by atoms with E-state index in [9.17, 15) is 13.6 Å². The van der Waals surface area contributed by atoms with E-state index >= 15 is 0 Å². The second-order valence-corrected chi connectivity index (χ2v) is 8.39. The van der Waals surface area contributed by atoms with E-state index in [0.29, 0.717) is 16.0 Å². The van der Waals surface area contributed by atoms with Crippen molar-refractivity contribution in [3.63, 3.8) is 0 Å². The van der Waals surface area contributed by atoms with Gasteiger partial charge in [0.15, 0.2) is 10.9 Å². The third-order valence-electron chi connectivity index (χ3n) is 5.24. The van der Waals surface area contributed by atoms with Gasteiger partial charge in [0.05, 0.1) is 23.9 Å². The molecule has 0 aliphatic rings. The highest BCUT2D eigenvalue weighted by molar-refractivity contribution is 7.22. The van der Waals surface area contributed by atoms with E-state index in [0.717, 1.165) is 33.7 Å². The van der Waals surface area contributed by atoms with Crippen molar-refractivity contribution in [2.75, 3.05) is 12.0 Å². The van der Waals surface area contributed by atoms with Crippen molar-refractivity contribution in [3.05, 3.63) is 95.8 Å². The number of benzene rings is 3. The first kappa shape index (κ1) is 21.0. The normalized spacial score (nSPS) is 11.1. The Labute approximate surface area is 191 Å². The van der Waals surface area contributed by atoms with Crippen LogP contribution in [0.25, 0.3) is 21.0 Å². The van der Waals surface area contributed by atoms with Crippen molar-refractivity contribution in [1.82, 2.24) is 9.97 Å². The van der Waals surface area contributed by atoms with E-state index < -0.39 is 11.6 Å². The van der Waals surface area contributed by atoms with Crippen LogP contribution in [0.1, 0.15) is 15.9 Å². The minimum atomic E-state index is -0.774. The Balaban J connectivity index is 1.65. The minimum absolute atomic E-state index is 0.0193. The maximum atomic E-state index is 14.3. The van der Waals surface area contributed by atoms with Crippen LogP contribution >= 0.6 is 11.3 Å². The lowest BCUT2D eigenvalue weighted by molar-refractivity contribution is 0.0982. The number of thiazole rings is 1. The van der Waals surface area contributed by atoms with Gasteiger partial charge in [0.2, 0.25) is 0 Å². The topological polar surface area (TPSA) is 55.3 Å². The summed E-state index contributed by atoms with van der Waals surface area (Å²) in [5, 5.41) is 2.06. The van der Waals surface area contributed by atoms with Gasteiger partial charge in [-0.1, -0.05) is 41.7 Å². The van der Waals surface area contributed by atoms with Gasteiger partial charge in [0.25, 0.3) is 5.91 Å². The molecule has 0 N–H and O–H groups in total. The molecule has 0 unspecified atom stereocenters. The molecule has 2 heterocycles. The fraction of sp³-hybridized carbons (Fsp3) is 0.0800. The van der Waals surface area contributed by atoms with Crippen molar-refractivity contribution >= 4 is 43.4 Å². The van der Waals surface area contributed by atoms with Crippen molar-refractivity contribution in [2.24, 2.45) is 0 Å². The Kier molecular flexibility index (Phi) is 5.43. The standard InChI is InChI=1S/C25H17F2N3O2S/c1-32-21-10-17-7-3-2-6-16(17)9-19(21)24(31)30(14-15-5-4-8-28-13-15)25-29-23-20(27)11-18(26)12-22(23)33-25/h2-13H,14H2,1H3. The summed E-state index contributed by atoms with van der Waals surface area (Å²) >= 11 is 1.05. The average molecular weight is 461 g/mol. The molecular weight excluding hydrogens is 444 g/mol. The lowest BCUT2D eigenvalue weighted by atomic mass is 10.0. The molecule has 0 fully saturated rings. The maximum Gasteiger partial charge on any atom is 0.264 e. The molecule has 5 rings (SSSR count). The first-order valence-electron chi connectivity index (χ1n) is 10.1. The van der Waals surface area contributed by atoms with Crippen molar-refractivity contribution in [3.8, 4) is 5.75 Å². The van der Waals surface area contributed by atoms with Crippen LogP contribution in [-0.4, -0.2) is 23.0 Å². The number of anilines is 1. The zero-order valence-electron chi connectivity index (χ0n) is 17.5. The number of ether oxygens (including phenoxy) is 1. The zero-order valence-corrected chi connectivity index (χ0v) is 18.3. The highest BCUT2D eigenvalue weighted by Gasteiger charge is 2.26. The fourth-order valence-corrected chi connectivity index (χ4v) is 4.66. The Bertz CT molecular complexity index is 1490. The molecule has 0 bridgehead atoms. The number of aromatic nitrogens is 2. The predicted molar refractivity (Wildman–Crippen MR) is 125 cm³/mol. The van der Waals surface area contributed by atoms with E-state index in [-0.39, 0.29) is 23.1 Å². The number of pyridine rings is 1. The summed E-state index contributed by atoms with van der Waals surface area (Å²) in [6, 6.07) is 16.8. The van der Waals surface area contributed by atoms with Crippen molar-refractivity contribution in [1.29, 1.82) is 0 Å². The van der Waals surface area contributed by atoms with Gasteiger partial charge in [-0.3, -0.25) is 14.7 Å². The van der Waals surface area contributed by atoms with Gasteiger partial charge in [-0.05, 0) is 40.6 Å². The summed E-state index contributed by atoms with van der Waals surface area (Å²) in [7, 11) is 1.50. The number of carbonyl (C=O) groups is 1. The number of fused-ring (bicyclic) bond motifs is 2. The lowest BCUT2D eigenvalue weighted by Crippen LogP contribution is -2.30. The Hall–Kier alpha value is -3.91. The highest BCUT2D eigenvalue weighted by atomic mass is 32.1. The molecule has 0 spiro atoms. The number of amides is 1. The maximum absolute atomic E-state index is 14.3. The molecule has 0 radical (unpaired) electrons. The number of methoxy groups -OCH3 is 1. The summed E-state index contributed by atoms with van der Waals surface area (Å²) in [6.45, 7) is 0.145. The number of halogens is 2. The summed E-state index contributed by atoms with van der Waals surface area (Å²) in [5.74, 6) is -1.43. The van der Waals surface area contributed by atoms with Gasteiger partial charge in [0, 0.05) is 18.5 Å². The van der Waals surface area contributed by atoms with Crippen LogP contribution in [-0.2, 0) is 6.54 Å². The molecule has 164 valence electrons. The smallest absolute Gasteiger partial charge is 0.264 e. The van der Waals surface area contributed by atoms with E-state index in [1.807, 2.05) is 30.3 Å². The molecule has 5 nitrogen and oxygen atoms in total. The monoisotopic (exact) mass is 461 g/mol. The molecule has 0 saturated carbocycles. The zero-order chi connectivity index (χ0) is 22.9. The molecule has 8 heteroatoms. The van der Waals surface area contributed by atoms with E-state index in [1.54, 1.807) is 30.6 Å². The van der Waals surface area contributed by atoms with Crippen LogP contribution in [0, 0.1) is 11.6 Å². The summed E-state index contributed by atoms with van der Waals surface area (Å²) < 4.78 is 33.9. The van der Waals surface area contributed by atoms with Crippen LogP contribution in [0.5, 0.6) is 5.75 Å². The molecule has 3 aromatic carbocycles. The van der Waals surface area contributed by atoms with Gasteiger partial charge in [-0.25, -0.2) is 13.8 Å². The first-order valence-corrected chi connectivity index (χ1v) is 10.9. The van der Waals surface area contributed by atoms with Gasteiger partial charge >= 0.3 is 0 Å². The fourth-order valence-electron chi connectivity index (χ4n) is 3.66. The molecular formula is C25H17F2N3O2S. The lowest BCUT2D eigenvalue weighted by Gasteiger charge is -2.21.